The van der Waals surface area contributed by atoms with Gasteiger partial charge in [-0.25, -0.2) is 4.98 Å². The number of nitrogens with zero attached hydrogens (tertiary/aromatic N) is 2. The van der Waals surface area contributed by atoms with Gasteiger partial charge in [0, 0.05) is 27.5 Å². The molecule has 0 aliphatic carbocycles. The zero-order chi connectivity index (χ0) is 21.8. The molecular weight excluding hydrogens is 478 g/mol. The van der Waals surface area contributed by atoms with Gasteiger partial charge in [-0.1, -0.05) is 33.2 Å². The van der Waals surface area contributed by atoms with Crippen LogP contribution in [-0.2, 0) is 12.3 Å². The molecule has 8 heteroatoms. The highest BCUT2D eigenvalue weighted by atomic mass is 79.9. The largest absolute Gasteiger partial charge is 0.459 e. The van der Waals surface area contributed by atoms with Gasteiger partial charge < -0.3 is 14.3 Å². The van der Waals surface area contributed by atoms with E-state index in [0.29, 0.717) is 22.1 Å². The van der Waals surface area contributed by atoms with E-state index < -0.39 is 0 Å². The maximum Gasteiger partial charge on any atom is 0.254 e. The highest BCUT2D eigenvalue weighted by Gasteiger charge is 2.16. The molecule has 1 N–H and O–H groups in total. The van der Waals surface area contributed by atoms with Crippen LogP contribution in [0, 0.1) is 13.8 Å². The minimum absolute atomic E-state index is 0.198. The molecule has 3 aromatic heterocycles. The number of carbonyl (C=O) groups is 1. The van der Waals surface area contributed by atoms with Crippen molar-refractivity contribution in [2.45, 2.75) is 31.2 Å². The Balaban J connectivity index is 1.41. The normalized spacial score (nSPS) is 10.9. The van der Waals surface area contributed by atoms with Crippen LogP contribution in [0.1, 0.15) is 33.1 Å². The lowest BCUT2D eigenvalue weighted by Crippen LogP contribution is -2.23. The first-order valence-electron chi connectivity index (χ1n) is 9.63. The number of thioether (sulfide) groups is 1. The number of aromatic nitrogens is 2. The lowest BCUT2D eigenvalue weighted by atomic mass is 10.2. The highest BCUT2D eigenvalue weighted by molar-refractivity contribution is 9.10. The number of halogens is 1. The Morgan fingerprint density at radius 3 is 2.68 bits per heavy atom. The molecule has 0 radical (unpaired) electrons. The lowest BCUT2D eigenvalue weighted by molar-refractivity contribution is 0.0944. The number of benzene rings is 1. The third kappa shape index (κ3) is 5.08. The number of pyridine rings is 1. The molecule has 0 saturated carbocycles. The van der Waals surface area contributed by atoms with Crippen molar-refractivity contribution < 1.29 is 13.7 Å². The van der Waals surface area contributed by atoms with Crippen molar-refractivity contribution in [3.05, 3.63) is 87.5 Å². The van der Waals surface area contributed by atoms with E-state index in [4.69, 9.17) is 8.94 Å². The molecule has 0 saturated heterocycles. The SMILES string of the molecule is Cc1noc(C)c1CSc1ncccc1C(=O)NCc1ccc(-c2ccc(Br)cc2)o1. The van der Waals surface area contributed by atoms with E-state index in [1.54, 1.807) is 18.3 Å². The van der Waals surface area contributed by atoms with Crippen LogP contribution >= 0.6 is 27.7 Å². The van der Waals surface area contributed by atoms with Crippen LogP contribution in [0.2, 0.25) is 0 Å². The van der Waals surface area contributed by atoms with Crippen LogP contribution in [0.3, 0.4) is 0 Å². The number of aryl methyl sites for hydroxylation is 2. The monoisotopic (exact) mass is 497 g/mol. The topological polar surface area (TPSA) is 81.2 Å². The average molecular weight is 498 g/mol. The van der Waals surface area contributed by atoms with E-state index in [-0.39, 0.29) is 12.5 Å². The van der Waals surface area contributed by atoms with Crippen molar-refractivity contribution in [2.24, 2.45) is 0 Å². The van der Waals surface area contributed by atoms with Crippen LogP contribution in [0.4, 0.5) is 0 Å². The molecule has 4 rings (SSSR count). The fourth-order valence-electron chi connectivity index (χ4n) is 3.03. The van der Waals surface area contributed by atoms with E-state index in [1.807, 2.05) is 50.2 Å². The molecule has 1 aromatic carbocycles. The Labute approximate surface area is 192 Å². The molecule has 6 nitrogen and oxygen atoms in total. The van der Waals surface area contributed by atoms with Gasteiger partial charge in [0.1, 0.15) is 22.3 Å². The Kier molecular flexibility index (Phi) is 6.58. The maximum atomic E-state index is 12.8. The van der Waals surface area contributed by atoms with Gasteiger partial charge in [-0.05, 0) is 50.2 Å². The van der Waals surface area contributed by atoms with Crippen LogP contribution in [0.25, 0.3) is 11.3 Å². The Morgan fingerprint density at radius 1 is 1.13 bits per heavy atom. The van der Waals surface area contributed by atoms with Gasteiger partial charge in [-0.2, -0.15) is 0 Å². The van der Waals surface area contributed by atoms with Gasteiger partial charge in [0.2, 0.25) is 0 Å². The molecule has 31 heavy (non-hydrogen) atoms. The summed E-state index contributed by atoms with van der Waals surface area (Å²) in [5, 5.41) is 7.56. The number of carbonyl (C=O) groups excluding carboxylic acids is 1. The van der Waals surface area contributed by atoms with E-state index in [0.717, 1.165) is 32.8 Å². The molecule has 3 heterocycles. The van der Waals surface area contributed by atoms with E-state index in [9.17, 15) is 4.79 Å². The molecule has 0 atom stereocenters. The molecule has 0 fully saturated rings. The third-order valence-electron chi connectivity index (χ3n) is 4.76. The summed E-state index contributed by atoms with van der Waals surface area (Å²) in [4.78, 5) is 17.2. The van der Waals surface area contributed by atoms with E-state index in [1.165, 1.54) is 11.8 Å². The summed E-state index contributed by atoms with van der Waals surface area (Å²) >= 11 is 4.91. The second-order valence-corrected chi connectivity index (χ2v) is 8.78. The molecular formula is C23H20BrN3O3S. The van der Waals surface area contributed by atoms with Gasteiger partial charge >= 0.3 is 0 Å². The first-order chi connectivity index (χ1) is 15.0. The number of rotatable bonds is 7. The van der Waals surface area contributed by atoms with E-state index >= 15 is 0 Å². The Bertz CT molecular complexity index is 1180. The van der Waals surface area contributed by atoms with Crippen molar-refractivity contribution in [2.75, 3.05) is 0 Å². The highest BCUT2D eigenvalue weighted by Crippen LogP contribution is 2.27. The Hall–Kier alpha value is -2.84. The Morgan fingerprint density at radius 2 is 1.94 bits per heavy atom. The first-order valence-corrected chi connectivity index (χ1v) is 11.4. The number of nitrogens with one attached hydrogen (secondary N) is 1. The maximum absolute atomic E-state index is 12.8. The smallest absolute Gasteiger partial charge is 0.254 e. The van der Waals surface area contributed by atoms with Crippen molar-refractivity contribution in [3.8, 4) is 11.3 Å². The van der Waals surface area contributed by atoms with Gasteiger partial charge in [0.15, 0.2) is 0 Å². The summed E-state index contributed by atoms with van der Waals surface area (Å²) in [6.07, 6.45) is 1.68. The summed E-state index contributed by atoms with van der Waals surface area (Å²) in [7, 11) is 0. The standard InChI is InChI=1S/C23H20BrN3O3S/c1-14-20(15(2)30-27-14)13-31-23-19(4-3-11-25-23)22(28)26-12-18-9-10-21(29-18)16-5-7-17(24)8-6-16/h3-11H,12-13H2,1-2H3,(H,26,28). The van der Waals surface area contributed by atoms with Crippen LogP contribution in [-0.4, -0.2) is 16.0 Å². The van der Waals surface area contributed by atoms with Crippen molar-refractivity contribution in [1.29, 1.82) is 0 Å². The van der Waals surface area contributed by atoms with Gasteiger partial charge in [-0.15, -0.1) is 11.8 Å². The summed E-state index contributed by atoms with van der Waals surface area (Å²) in [6.45, 7) is 4.08. The molecule has 4 aromatic rings. The minimum atomic E-state index is -0.198. The number of hydrogen-bond acceptors (Lipinski definition) is 6. The minimum Gasteiger partial charge on any atom is -0.459 e. The van der Waals surface area contributed by atoms with Crippen molar-refractivity contribution in [1.82, 2.24) is 15.5 Å². The predicted molar refractivity (Wildman–Crippen MR) is 123 cm³/mol. The molecule has 0 bridgehead atoms. The molecule has 0 aliphatic rings. The molecule has 158 valence electrons. The fourth-order valence-corrected chi connectivity index (χ4v) is 4.44. The molecule has 0 spiro atoms. The lowest BCUT2D eigenvalue weighted by Gasteiger charge is -2.08. The average Bonchev–Trinajstić information content (AvgIpc) is 3.38. The summed E-state index contributed by atoms with van der Waals surface area (Å²) in [6, 6.07) is 15.2. The van der Waals surface area contributed by atoms with Gasteiger partial charge in [0.05, 0.1) is 17.8 Å². The van der Waals surface area contributed by atoms with E-state index in [2.05, 4.69) is 31.4 Å². The summed E-state index contributed by atoms with van der Waals surface area (Å²) in [5.41, 5.74) is 3.38. The number of amides is 1. The third-order valence-corrected chi connectivity index (χ3v) is 6.32. The quantitative estimate of drug-likeness (QED) is 0.318. The zero-order valence-corrected chi connectivity index (χ0v) is 19.4. The second-order valence-electron chi connectivity index (χ2n) is 6.90. The van der Waals surface area contributed by atoms with Crippen molar-refractivity contribution in [3.63, 3.8) is 0 Å². The van der Waals surface area contributed by atoms with Crippen LogP contribution in [0.15, 0.2) is 73.2 Å². The number of hydrogen-bond donors (Lipinski definition) is 1. The zero-order valence-electron chi connectivity index (χ0n) is 17.0. The van der Waals surface area contributed by atoms with Gasteiger partial charge in [-0.3, -0.25) is 4.79 Å². The predicted octanol–water partition coefficient (Wildman–Crippen LogP) is 5.93. The van der Waals surface area contributed by atoms with Crippen LogP contribution in [0.5, 0.6) is 0 Å². The first kappa shape index (κ1) is 21.4. The van der Waals surface area contributed by atoms with Crippen LogP contribution < -0.4 is 5.32 Å². The fraction of sp³-hybridized carbons (Fsp3) is 0.174. The summed E-state index contributed by atoms with van der Waals surface area (Å²) < 4.78 is 12.1. The molecule has 0 unspecified atom stereocenters. The van der Waals surface area contributed by atoms with Crippen molar-refractivity contribution >= 4 is 33.6 Å². The molecule has 0 aliphatic heterocycles. The number of furan rings is 1. The second kappa shape index (κ2) is 9.53. The summed E-state index contributed by atoms with van der Waals surface area (Å²) in [5.74, 6) is 2.66. The molecule has 1 amide bonds. The van der Waals surface area contributed by atoms with Gasteiger partial charge in [0.25, 0.3) is 5.91 Å².